The first-order valence-electron chi connectivity index (χ1n) is 28.2. The number of nitrogens with zero attached hydrogens (tertiary/aromatic N) is 2. The Morgan fingerprint density at radius 3 is 1.38 bits per heavy atom. The van der Waals surface area contributed by atoms with Gasteiger partial charge in [-0.05, 0) is 91.0 Å². The summed E-state index contributed by atoms with van der Waals surface area (Å²) in [6.45, 7) is 0. The van der Waals surface area contributed by atoms with Crippen LogP contribution in [0.2, 0.25) is 0 Å². The fourth-order valence-corrected chi connectivity index (χ4v) is 18.4. The van der Waals surface area contributed by atoms with Gasteiger partial charge in [-0.15, -0.1) is 0 Å². The van der Waals surface area contributed by atoms with E-state index in [9.17, 15) is 0 Å². The molecule has 0 aliphatic heterocycles. The zero-order chi connectivity index (χ0) is 54.1. The Bertz CT molecular complexity index is 4980. The average molecular weight is 1060 g/mol. The van der Waals surface area contributed by atoms with E-state index in [4.69, 9.17) is 4.42 Å². The molecule has 3 heterocycles. The maximum Gasteiger partial charge on any atom is 0.179 e. The Morgan fingerprint density at radius 1 is 0.256 bits per heavy atom. The molecule has 0 aliphatic carbocycles. The predicted octanol–water partition coefficient (Wildman–Crippen LogP) is 17.8. The van der Waals surface area contributed by atoms with Crippen LogP contribution in [0.15, 0.2) is 320 Å². The van der Waals surface area contributed by atoms with Gasteiger partial charge in [0, 0.05) is 54.7 Å². The van der Waals surface area contributed by atoms with Gasteiger partial charge in [0.15, 0.2) is 8.07 Å². The van der Waals surface area contributed by atoms with Gasteiger partial charge in [-0.3, -0.25) is 0 Å². The minimum absolute atomic E-state index is 0.885. The zero-order valence-electron chi connectivity index (χ0n) is 44.8. The van der Waals surface area contributed by atoms with Gasteiger partial charge in [0.1, 0.15) is 11.2 Å². The molecule has 0 spiro atoms. The van der Waals surface area contributed by atoms with Gasteiger partial charge in [-0.2, -0.15) is 0 Å². The summed E-state index contributed by atoms with van der Waals surface area (Å²) in [4.78, 5) is 0. The molecule has 0 N–H and O–H groups in total. The molecule has 0 aliphatic rings. The summed E-state index contributed by atoms with van der Waals surface area (Å²) >= 11 is 0. The van der Waals surface area contributed by atoms with Crippen molar-refractivity contribution in [1.82, 2.24) is 9.13 Å². The molecule has 13 aromatic carbocycles. The molecule has 3 nitrogen and oxygen atoms in total. The molecular weight excluding hydrogens is 1010 g/mol. The largest absolute Gasteiger partial charge is 0.456 e. The third-order valence-electron chi connectivity index (χ3n) is 17.1. The molecule has 384 valence electrons. The van der Waals surface area contributed by atoms with Crippen LogP contribution in [-0.4, -0.2) is 17.2 Å². The molecule has 0 bridgehead atoms. The maximum absolute atomic E-state index is 6.50. The van der Waals surface area contributed by atoms with E-state index in [1.165, 1.54) is 64.5 Å². The van der Waals surface area contributed by atoms with Crippen LogP contribution in [0.1, 0.15) is 0 Å². The van der Waals surface area contributed by atoms with Crippen LogP contribution in [0.3, 0.4) is 0 Å². The van der Waals surface area contributed by atoms with Crippen LogP contribution in [0.4, 0.5) is 0 Å². The van der Waals surface area contributed by atoms with Crippen molar-refractivity contribution in [2.24, 2.45) is 0 Å². The zero-order valence-corrected chi connectivity index (χ0v) is 45.8. The van der Waals surface area contributed by atoms with Gasteiger partial charge in [0.25, 0.3) is 0 Å². The van der Waals surface area contributed by atoms with Crippen molar-refractivity contribution in [3.05, 3.63) is 315 Å². The second-order valence-corrected chi connectivity index (χ2v) is 25.3. The summed E-state index contributed by atoms with van der Waals surface area (Å²) in [5.41, 5.74) is 18.0. The van der Waals surface area contributed by atoms with Gasteiger partial charge >= 0.3 is 0 Å². The van der Waals surface area contributed by atoms with Crippen LogP contribution >= 0.6 is 0 Å². The summed E-state index contributed by atoms with van der Waals surface area (Å²) in [6, 6.07) is 117. The highest BCUT2D eigenvalue weighted by molar-refractivity contribution is 7.20. The summed E-state index contributed by atoms with van der Waals surface area (Å²) in [5.74, 6) is 0. The maximum atomic E-state index is 6.50. The Kier molecular flexibility index (Phi) is 11.2. The number of benzene rings is 13. The van der Waals surface area contributed by atoms with Crippen LogP contribution in [0, 0.1) is 0 Å². The second-order valence-electron chi connectivity index (χ2n) is 21.5. The van der Waals surface area contributed by atoms with Gasteiger partial charge in [0.05, 0.1) is 27.8 Å². The van der Waals surface area contributed by atoms with Gasteiger partial charge in [-0.25, -0.2) is 0 Å². The van der Waals surface area contributed by atoms with Crippen LogP contribution < -0.4 is 20.7 Å². The first-order chi connectivity index (χ1) is 40.7. The molecule has 16 aromatic rings. The molecule has 0 amide bonds. The molecule has 3 aromatic heterocycles. The Labute approximate surface area is 476 Å². The molecule has 0 unspecified atom stereocenters. The summed E-state index contributed by atoms with van der Waals surface area (Å²) in [5, 5.41) is 12.3. The number of hydrogen-bond acceptors (Lipinski definition) is 1. The van der Waals surface area contributed by atoms with E-state index in [1.54, 1.807) is 0 Å². The van der Waals surface area contributed by atoms with E-state index in [0.29, 0.717) is 0 Å². The van der Waals surface area contributed by atoms with E-state index in [1.807, 2.05) is 6.07 Å². The minimum Gasteiger partial charge on any atom is -0.456 e. The lowest BCUT2D eigenvalue weighted by Crippen LogP contribution is -2.74. The number of aromatic nitrogens is 2. The van der Waals surface area contributed by atoms with E-state index in [2.05, 4.69) is 319 Å². The molecule has 0 saturated heterocycles. The molecule has 0 saturated carbocycles. The number of hydrogen-bond donors (Lipinski definition) is 0. The monoisotopic (exact) mass is 1060 g/mol. The summed E-state index contributed by atoms with van der Waals surface area (Å²) in [6.07, 6.45) is 0. The van der Waals surface area contributed by atoms with E-state index >= 15 is 0 Å². The van der Waals surface area contributed by atoms with Crippen LogP contribution in [0.5, 0.6) is 0 Å². The quantitative estimate of drug-likeness (QED) is 0.0989. The van der Waals surface area contributed by atoms with Crippen LogP contribution in [0.25, 0.3) is 121 Å². The smallest absolute Gasteiger partial charge is 0.179 e. The van der Waals surface area contributed by atoms with Crippen molar-refractivity contribution < 1.29 is 4.42 Å². The minimum atomic E-state index is -3.16. The Balaban J connectivity index is 0.997. The molecular formula is C78H52N2OSi. The number of para-hydroxylation sites is 4. The number of fused-ring (bicyclic) bond motifs is 9. The topological polar surface area (TPSA) is 23.0 Å². The third-order valence-corrected chi connectivity index (χ3v) is 21.8. The van der Waals surface area contributed by atoms with Crippen molar-refractivity contribution in [2.75, 3.05) is 0 Å². The average Bonchev–Trinajstić information content (AvgIpc) is 3.20. The Morgan fingerprint density at radius 2 is 0.720 bits per heavy atom. The fraction of sp³-hybridized carbons (Fsp3) is 0. The van der Waals surface area contributed by atoms with Crippen molar-refractivity contribution in [1.29, 1.82) is 0 Å². The van der Waals surface area contributed by atoms with Gasteiger partial charge < -0.3 is 13.6 Å². The summed E-state index contributed by atoms with van der Waals surface area (Å²) < 4.78 is 11.6. The highest BCUT2D eigenvalue weighted by Gasteiger charge is 2.43. The second kappa shape index (κ2) is 19.4. The first kappa shape index (κ1) is 47.5. The standard InChI is InChI=1S/C78H52N2OSi/c1-6-25-53(26-7-1)56-31-22-36-60(49-56)82(58-32-12-4-13-33-58,59-34-14-5-15-35-59)61-51-68(54-27-8-2-9-28-54)78(69(52-61)55-29-10-3-11-30-55)80-72-44-20-17-38-63(72)70-50-57(47-48-73(70)80)79-71-43-19-16-37-62(71)65-41-23-42-66(77(65)79)64-40-24-46-75-76(64)67-39-18-21-45-74(67)81-75/h1-52H. The lowest BCUT2D eigenvalue weighted by atomic mass is 9.95. The van der Waals surface area contributed by atoms with E-state index < -0.39 is 8.07 Å². The van der Waals surface area contributed by atoms with Gasteiger partial charge in [0.2, 0.25) is 0 Å². The molecule has 82 heavy (non-hydrogen) atoms. The van der Waals surface area contributed by atoms with E-state index in [-0.39, 0.29) is 0 Å². The first-order valence-corrected chi connectivity index (χ1v) is 30.2. The normalized spacial score (nSPS) is 11.9. The van der Waals surface area contributed by atoms with Crippen molar-refractivity contribution in [2.45, 2.75) is 0 Å². The lowest BCUT2D eigenvalue weighted by molar-refractivity contribution is 0.669. The number of furan rings is 1. The van der Waals surface area contributed by atoms with E-state index in [0.717, 1.165) is 77.6 Å². The molecule has 0 fully saturated rings. The van der Waals surface area contributed by atoms with Crippen molar-refractivity contribution in [3.8, 4) is 55.9 Å². The highest BCUT2D eigenvalue weighted by atomic mass is 28.3. The van der Waals surface area contributed by atoms with Crippen LogP contribution in [-0.2, 0) is 0 Å². The third kappa shape index (κ3) is 7.42. The fourth-order valence-electron chi connectivity index (χ4n) is 13.6. The Hall–Kier alpha value is -10.5. The van der Waals surface area contributed by atoms with Crippen molar-refractivity contribution in [3.63, 3.8) is 0 Å². The molecule has 4 heteroatoms. The molecule has 0 atom stereocenters. The van der Waals surface area contributed by atoms with Gasteiger partial charge in [-0.1, -0.05) is 273 Å². The predicted molar refractivity (Wildman–Crippen MR) is 348 cm³/mol. The van der Waals surface area contributed by atoms with Crippen molar-refractivity contribution >= 4 is 94.4 Å². The molecule has 0 radical (unpaired) electrons. The lowest BCUT2D eigenvalue weighted by Gasteiger charge is -2.36. The SMILES string of the molecule is c1ccc(-c2cccc([Si](c3ccccc3)(c3ccccc3)c3cc(-c4ccccc4)c(-n4c5ccccc5c5cc(-n6c7ccccc7c7cccc(-c8cccc9oc%10ccccc%10c89)c76)ccc54)c(-c4ccccc4)c3)c2)cc1. The summed E-state index contributed by atoms with van der Waals surface area (Å²) in [7, 11) is -3.16. The molecule has 16 rings (SSSR count). The number of rotatable bonds is 10. The highest BCUT2D eigenvalue weighted by Crippen LogP contribution is 2.46.